The zero-order valence-electron chi connectivity index (χ0n) is 12.4. The first-order valence-electron chi connectivity index (χ1n) is 6.94. The van der Waals surface area contributed by atoms with Gasteiger partial charge in [0, 0.05) is 25.3 Å². The van der Waals surface area contributed by atoms with Crippen LogP contribution >= 0.6 is 0 Å². The van der Waals surface area contributed by atoms with Gasteiger partial charge in [0.2, 0.25) is 0 Å². The largest absolute Gasteiger partial charge is 0.328 e. The summed E-state index contributed by atoms with van der Waals surface area (Å²) < 4.78 is 0. The lowest BCUT2D eigenvalue weighted by molar-refractivity contribution is 0.222. The summed E-state index contributed by atoms with van der Waals surface area (Å²) in [4.78, 5) is 13.5. The maximum absolute atomic E-state index is 11.8. The van der Waals surface area contributed by atoms with Crippen molar-refractivity contribution < 1.29 is 4.79 Å². The number of hydrogen-bond acceptors (Lipinski definition) is 2. The molecule has 1 aromatic carbocycles. The molecule has 4 heteroatoms. The van der Waals surface area contributed by atoms with Gasteiger partial charge in [0.05, 0.1) is 0 Å². The van der Waals surface area contributed by atoms with E-state index >= 15 is 0 Å². The van der Waals surface area contributed by atoms with E-state index in [2.05, 4.69) is 31.4 Å². The normalized spacial score (nSPS) is 12.0. The fraction of sp³-hybridized carbons (Fsp3) is 0.533. The molecule has 0 spiro atoms. The monoisotopic (exact) mass is 263 g/mol. The van der Waals surface area contributed by atoms with Gasteiger partial charge in [-0.3, -0.25) is 0 Å². The molecule has 0 bridgehead atoms. The van der Waals surface area contributed by atoms with Crippen molar-refractivity contribution in [3.63, 3.8) is 0 Å². The first kappa shape index (κ1) is 15.5. The van der Waals surface area contributed by atoms with E-state index in [-0.39, 0.29) is 6.03 Å². The van der Waals surface area contributed by atoms with Crippen LogP contribution < -0.4 is 10.6 Å². The number of nitrogens with zero attached hydrogens (tertiary/aromatic N) is 1. The van der Waals surface area contributed by atoms with Crippen LogP contribution in [0.3, 0.4) is 0 Å². The van der Waals surface area contributed by atoms with Gasteiger partial charge in [0.1, 0.15) is 0 Å². The van der Waals surface area contributed by atoms with Crippen molar-refractivity contribution in [1.82, 2.24) is 10.2 Å². The lowest BCUT2D eigenvalue weighted by Gasteiger charge is -2.17. The van der Waals surface area contributed by atoms with Gasteiger partial charge in [-0.15, -0.1) is 0 Å². The summed E-state index contributed by atoms with van der Waals surface area (Å²) in [5.74, 6) is 0. The number of carbonyl (C=O) groups excluding carboxylic acids is 1. The molecular formula is C15H25N3O. The maximum atomic E-state index is 11.8. The minimum absolute atomic E-state index is 0.0608. The standard InChI is InChI=1S/C15H25N3O/c1-5-11-18(4)15(19)17-14-9-7-13(8-10-14)12(3)16-6-2/h7-10,12,16H,5-6,11H2,1-4H3,(H,17,19). The van der Waals surface area contributed by atoms with Gasteiger partial charge in [-0.05, 0) is 37.6 Å². The molecule has 1 unspecified atom stereocenters. The minimum atomic E-state index is -0.0608. The van der Waals surface area contributed by atoms with Crippen LogP contribution in [0.5, 0.6) is 0 Å². The van der Waals surface area contributed by atoms with E-state index in [0.717, 1.165) is 25.2 Å². The smallest absolute Gasteiger partial charge is 0.321 e. The third-order valence-corrected chi connectivity index (χ3v) is 3.08. The highest BCUT2D eigenvalue weighted by Gasteiger charge is 2.08. The van der Waals surface area contributed by atoms with Gasteiger partial charge < -0.3 is 15.5 Å². The second-order valence-electron chi connectivity index (χ2n) is 4.75. The molecule has 0 saturated heterocycles. The zero-order chi connectivity index (χ0) is 14.3. The highest BCUT2D eigenvalue weighted by Crippen LogP contribution is 2.16. The summed E-state index contributed by atoms with van der Waals surface area (Å²) in [6.45, 7) is 7.99. The Morgan fingerprint density at radius 2 is 1.89 bits per heavy atom. The first-order chi connectivity index (χ1) is 9.08. The molecule has 0 fully saturated rings. The fourth-order valence-corrected chi connectivity index (χ4v) is 1.94. The second kappa shape index (κ2) is 7.79. The maximum Gasteiger partial charge on any atom is 0.321 e. The first-order valence-corrected chi connectivity index (χ1v) is 6.94. The van der Waals surface area contributed by atoms with Gasteiger partial charge in [-0.25, -0.2) is 4.79 Å². The quantitative estimate of drug-likeness (QED) is 0.827. The van der Waals surface area contributed by atoms with Gasteiger partial charge in [-0.2, -0.15) is 0 Å². The van der Waals surface area contributed by atoms with Crippen LogP contribution in [0.1, 0.15) is 38.8 Å². The topological polar surface area (TPSA) is 44.4 Å². The number of hydrogen-bond donors (Lipinski definition) is 2. The van der Waals surface area contributed by atoms with Crippen LogP contribution in [0.15, 0.2) is 24.3 Å². The van der Waals surface area contributed by atoms with Crippen molar-refractivity contribution in [3.05, 3.63) is 29.8 Å². The molecule has 0 heterocycles. The van der Waals surface area contributed by atoms with Crippen molar-refractivity contribution in [2.45, 2.75) is 33.2 Å². The third-order valence-electron chi connectivity index (χ3n) is 3.08. The summed E-state index contributed by atoms with van der Waals surface area (Å²) in [7, 11) is 1.81. The van der Waals surface area contributed by atoms with Crippen LogP contribution in [0.25, 0.3) is 0 Å². The summed E-state index contributed by atoms with van der Waals surface area (Å²) >= 11 is 0. The molecule has 19 heavy (non-hydrogen) atoms. The minimum Gasteiger partial charge on any atom is -0.328 e. The Kier molecular flexibility index (Phi) is 6.36. The lowest BCUT2D eigenvalue weighted by Crippen LogP contribution is -2.31. The average molecular weight is 263 g/mol. The Morgan fingerprint density at radius 3 is 2.42 bits per heavy atom. The summed E-state index contributed by atoms with van der Waals surface area (Å²) in [5.41, 5.74) is 2.06. The van der Waals surface area contributed by atoms with E-state index in [9.17, 15) is 4.79 Å². The van der Waals surface area contributed by atoms with Gasteiger partial charge in [-0.1, -0.05) is 26.0 Å². The summed E-state index contributed by atoms with van der Waals surface area (Å²) in [6.07, 6.45) is 0.961. The van der Waals surface area contributed by atoms with E-state index in [1.54, 1.807) is 11.9 Å². The molecule has 2 N–H and O–H groups in total. The van der Waals surface area contributed by atoms with Crippen LogP contribution in [0.4, 0.5) is 10.5 Å². The van der Waals surface area contributed by atoms with Crippen molar-refractivity contribution in [2.75, 3.05) is 25.5 Å². The molecular weight excluding hydrogens is 238 g/mol. The number of carbonyl (C=O) groups is 1. The fourth-order valence-electron chi connectivity index (χ4n) is 1.94. The molecule has 2 amide bonds. The Morgan fingerprint density at radius 1 is 1.26 bits per heavy atom. The van der Waals surface area contributed by atoms with Crippen molar-refractivity contribution in [3.8, 4) is 0 Å². The summed E-state index contributed by atoms with van der Waals surface area (Å²) in [5, 5.41) is 6.25. The SMILES string of the molecule is CCCN(C)C(=O)Nc1ccc(C(C)NCC)cc1. The van der Waals surface area contributed by atoms with Crippen LogP contribution in [0, 0.1) is 0 Å². The Hall–Kier alpha value is -1.55. The van der Waals surface area contributed by atoms with Gasteiger partial charge in [0.25, 0.3) is 0 Å². The Balaban J connectivity index is 2.59. The van der Waals surface area contributed by atoms with E-state index < -0.39 is 0 Å². The molecule has 1 atom stereocenters. The molecule has 4 nitrogen and oxygen atoms in total. The molecule has 0 aliphatic heterocycles. The lowest BCUT2D eigenvalue weighted by atomic mass is 10.1. The molecule has 1 aromatic rings. The number of rotatable bonds is 6. The molecule has 0 aliphatic rings. The second-order valence-corrected chi connectivity index (χ2v) is 4.75. The van der Waals surface area contributed by atoms with Crippen molar-refractivity contribution >= 4 is 11.7 Å². The Bertz CT molecular complexity index is 389. The Labute approximate surface area is 116 Å². The van der Waals surface area contributed by atoms with Crippen LogP contribution in [0.2, 0.25) is 0 Å². The molecule has 0 saturated carbocycles. The molecule has 0 aromatic heterocycles. The number of nitrogens with one attached hydrogen (secondary N) is 2. The highest BCUT2D eigenvalue weighted by atomic mass is 16.2. The van der Waals surface area contributed by atoms with E-state index in [0.29, 0.717) is 6.04 Å². The number of anilines is 1. The molecule has 1 rings (SSSR count). The number of urea groups is 1. The van der Waals surface area contributed by atoms with Crippen LogP contribution in [-0.4, -0.2) is 31.1 Å². The predicted molar refractivity (Wildman–Crippen MR) is 80.5 cm³/mol. The summed E-state index contributed by atoms with van der Waals surface area (Å²) in [6, 6.07) is 8.25. The van der Waals surface area contributed by atoms with Gasteiger partial charge in [0.15, 0.2) is 0 Å². The van der Waals surface area contributed by atoms with Gasteiger partial charge >= 0.3 is 6.03 Å². The molecule has 106 valence electrons. The van der Waals surface area contributed by atoms with E-state index in [1.165, 1.54) is 5.56 Å². The number of benzene rings is 1. The molecule has 0 aliphatic carbocycles. The van der Waals surface area contributed by atoms with E-state index in [1.807, 2.05) is 24.3 Å². The predicted octanol–water partition coefficient (Wildman–Crippen LogP) is 3.23. The zero-order valence-corrected chi connectivity index (χ0v) is 12.4. The van der Waals surface area contributed by atoms with Crippen molar-refractivity contribution in [2.24, 2.45) is 0 Å². The molecule has 0 radical (unpaired) electrons. The number of amides is 2. The third kappa shape index (κ3) is 4.91. The van der Waals surface area contributed by atoms with E-state index in [4.69, 9.17) is 0 Å². The van der Waals surface area contributed by atoms with Crippen LogP contribution in [-0.2, 0) is 0 Å². The van der Waals surface area contributed by atoms with Crippen molar-refractivity contribution in [1.29, 1.82) is 0 Å². The average Bonchev–Trinajstić information content (AvgIpc) is 2.40. The highest BCUT2D eigenvalue weighted by molar-refractivity contribution is 5.89.